The fourth-order valence-corrected chi connectivity index (χ4v) is 7.47. The highest BCUT2D eigenvalue weighted by Crippen LogP contribution is 2.69. The van der Waals surface area contributed by atoms with Crippen molar-refractivity contribution in [2.45, 2.75) is 36.1 Å². The van der Waals surface area contributed by atoms with Crippen LogP contribution in [-0.2, 0) is 30.6 Å². The maximum absolute atomic E-state index is 14.0. The number of benzene rings is 3. The van der Waals surface area contributed by atoms with Gasteiger partial charge in [0.15, 0.2) is 0 Å². The Morgan fingerprint density at radius 1 is 0.833 bits per heavy atom. The van der Waals surface area contributed by atoms with E-state index in [2.05, 4.69) is 5.32 Å². The summed E-state index contributed by atoms with van der Waals surface area (Å²) in [5.41, 5.74) is 4.57. The molecule has 3 atom stereocenters. The molecule has 3 aromatic rings. The van der Waals surface area contributed by atoms with Gasteiger partial charge >= 0.3 is 0 Å². The van der Waals surface area contributed by atoms with Gasteiger partial charge in [-0.25, -0.2) is 0 Å². The van der Waals surface area contributed by atoms with Gasteiger partial charge in [-0.15, -0.1) is 23.2 Å². The summed E-state index contributed by atoms with van der Waals surface area (Å²) in [5, 5.41) is 2.90. The van der Waals surface area contributed by atoms with Crippen molar-refractivity contribution in [2.75, 3.05) is 5.32 Å². The van der Waals surface area contributed by atoms with Gasteiger partial charge < -0.3 is 5.32 Å². The SMILES string of the molecule is CCc1ccccc1NC(=O)[C@H](C)N1C(=O)[C@@H]2[C@H](C1=O)C1(Cl)c3ccccc3C2(Cl)c2ccccc21. The second-order valence-electron chi connectivity index (χ2n) is 9.69. The number of hydrogen-bond donors (Lipinski definition) is 1. The molecule has 7 rings (SSSR count). The molecule has 1 fully saturated rings. The molecule has 36 heavy (non-hydrogen) atoms. The van der Waals surface area contributed by atoms with Crippen molar-refractivity contribution in [3.05, 3.63) is 101 Å². The third kappa shape index (κ3) is 2.76. The maximum Gasteiger partial charge on any atom is 0.247 e. The Balaban J connectivity index is 1.44. The van der Waals surface area contributed by atoms with Gasteiger partial charge in [-0.2, -0.15) is 0 Å². The van der Waals surface area contributed by atoms with Gasteiger partial charge in [-0.1, -0.05) is 73.7 Å². The van der Waals surface area contributed by atoms with Crippen LogP contribution in [0, 0.1) is 11.8 Å². The monoisotopic (exact) mass is 518 g/mol. The summed E-state index contributed by atoms with van der Waals surface area (Å²) < 4.78 is 0. The van der Waals surface area contributed by atoms with Crippen LogP contribution in [0.2, 0.25) is 0 Å². The van der Waals surface area contributed by atoms with E-state index in [1.807, 2.05) is 79.7 Å². The lowest BCUT2D eigenvalue weighted by Crippen LogP contribution is -2.57. The summed E-state index contributed by atoms with van der Waals surface area (Å²) >= 11 is 14.9. The molecule has 2 bridgehead atoms. The molecule has 0 aromatic heterocycles. The van der Waals surface area contributed by atoms with Crippen molar-refractivity contribution < 1.29 is 14.4 Å². The van der Waals surface area contributed by atoms with E-state index < -0.39 is 45.3 Å². The van der Waals surface area contributed by atoms with Crippen LogP contribution in [0.15, 0.2) is 72.8 Å². The highest BCUT2D eigenvalue weighted by atomic mass is 35.5. The number of nitrogens with zero attached hydrogens (tertiary/aromatic N) is 1. The van der Waals surface area contributed by atoms with Crippen LogP contribution < -0.4 is 5.32 Å². The van der Waals surface area contributed by atoms with Gasteiger partial charge in [0, 0.05) is 5.69 Å². The fourth-order valence-electron chi connectivity index (χ4n) is 6.38. The molecule has 3 amide bonds. The molecule has 7 heteroatoms. The summed E-state index contributed by atoms with van der Waals surface area (Å²) in [6.07, 6.45) is 0.733. The standard InChI is InChI=1S/C29H24Cl2N2O3/c1-3-17-10-4-9-15-22(17)32-25(34)16(2)33-26(35)23-24(27(33)36)29(31)19-12-6-5-11-18(19)28(23,30)20-13-7-8-14-21(20)29/h4-16,23-24H,3H2,1-2H3,(H,32,34)/t16-,23-,24+,28?,29?/m0/s1. The van der Waals surface area contributed by atoms with E-state index in [4.69, 9.17) is 23.2 Å². The average Bonchev–Trinajstić information content (AvgIpc) is 3.18. The minimum atomic E-state index is -1.26. The number of hydrogen-bond acceptors (Lipinski definition) is 3. The van der Waals surface area contributed by atoms with Gasteiger partial charge in [0.25, 0.3) is 0 Å². The quantitative estimate of drug-likeness (QED) is 0.382. The molecular weight excluding hydrogens is 495 g/mol. The molecule has 1 aliphatic heterocycles. The Morgan fingerprint density at radius 3 is 1.69 bits per heavy atom. The van der Waals surface area contributed by atoms with Gasteiger partial charge in [0.1, 0.15) is 15.8 Å². The molecule has 3 aliphatic carbocycles. The van der Waals surface area contributed by atoms with E-state index in [-0.39, 0.29) is 0 Å². The van der Waals surface area contributed by atoms with Crippen LogP contribution >= 0.6 is 23.2 Å². The number of likely N-dealkylation sites (tertiary alicyclic amines) is 1. The highest BCUT2D eigenvalue weighted by Gasteiger charge is 2.73. The minimum Gasteiger partial charge on any atom is -0.324 e. The van der Waals surface area contributed by atoms with Gasteiger partial charge in [-0.05, 0) is 47.2 Å². The number of carbonyl (C=O) groups excluding carboxylic acids is 3. The van der Waals surface area contributed by atoms with Crippen molar-refractivity contribution in [3.63, 3.8) is 0 Å². The molecular formula is C29H24Cl2N2O3. The summed E-state index contributed by atoms with van der Waals surface area (Å²) in [4.78, 5) is 39.9. The molecule has 0 unspecified atom stereocenters. The molecule has 4 aliphatic rings. The predicted molar refractivity (Wildman–Crippen MR) is 139 cm³/mol. The number of para-hydroxylation sites is 1. The minimum absolute atomic E-state index is 0.439. The number of nitrogens with one attached hydrogen (secondary N) is 1. The first-order valence-corrected chi connectivity index (χ1v) is 12.8. The van der Waals surface area contributed by atoms with E-state index in [1.165, 1.54) is 0 Å². The normalized spacial score (nSPS) is 28.4. The zero-order valence-electron chi connectivity index (χ0n) is 19.8. The number of aryl methyl sites for hydroxylation is 1. The summed E-state index contributed by atoms with van der Waals surface area (Å²) in [6, 6.07) is 21.4. The number of alkyl halides is 2. The fraction of sp³-hybridized carbons (Fsp3) is 0.276. The first-order chi connectivity index (χ1) is 17.3. The van der Waals surface area contributed by atoms with E-state index in [1.54, 1.807) is 6.92 Å². The zero-order chi connectivity index (χ0) is 25.4. The zero-order valence-corrected chi connectivity index (χ0v) is 21.3. The Hall–Kier alpha value is -3.15. The summed E-state index contributed by atoms with van der Waals surface area (Å²) in [7, 11) is 0. The van der Waals surface area contributed by atoms with Crippen molar-refractivity contribution >= 4 is 46.6 Å². The van der Waals surface area contributed by atoms with Crippen molar-refractivity contribution in [2.24, 2.45) is 11.8 Å². The number of rotatable bonds is 4. The van der Waals surface area contributed by atoms with E-state index in [9.17, 15) is 14.4 Å². The van der Waals surface area contributed by atoms with E-state index in [0.29, 0.717) is 5.69 Å². The largest absolute Gasteiger partial charge is 0.324 e. The molecule has 182 valence electrons. The lowest BCUT2D eigenvalue weighted by atomic mass is 9.54. The lowest BCUT2D eigenvalue weighted by Gasteiger charge is -2.54. The molecule has 0 spiro atoms. The van der Waals surface area contributed by atoms with Crippen LogP contribution in [0.3, 0.4) is 0 Å². The molecule has 0 saturated carbocycles. The average molecular weight is 519 g/mol. The molecule has 1 N–H and O–H groups in total. The Morgan fingerprint density at radius 2 is 1.25 bits per heavy atom. The molecule has 1 heterocycles. The molecule has 0 radical (unpaired) electrons. The van der Waals surface area contributed by atoms with Gasteiger partial charge in [-0.3, -0.25) is 19.3 Å². The first kappa shape index (κ1) is 23.3. The number of halogens is 2. The van der Waals surface area contributed by atoms with Gasteiger partial charge in [0.05, 0.1) is 11.8 Å². The van der Waals surface area contributed by atoms with Crippen LogP contribution in [-0.4, -0.2) is 28.7 Å². The summed E-state index contributed by atoms with van der Waals surface area (Å²) in [5.74, 6) is -3.23. The molecule has 3 aromatic carbocycles. The number of anilines is 1. The maximum atomic E-state index is 14.0. The second kappa shape index (κ2) is 7.92. The van der Waals surface area contributed by atoms with Crippen LogP contribution in [0.1, 0.15) is 41.7 Å². The van der Waals surface area contributed by atoms with Crippen LogP contribution in [0.25, 0.3) is 0 Å². The van der Waals surface area contributed by atoms with Crippen LogP contribution in [0.4, 0.5) is 5.69 Å². The predicted octanol–water partition coefficient (Wildman–Crippen LogP) is 5.17. The summed E-state index contributed by atoms with van der Waals surface area (Å²) in [6.45, 7) is 3.57. The number of amides is 3. The highest BCUT2D eigenvalue weighted by molar-refractivity contribution is 6.36. The lowest BCUT2D eigenvalue weighted by molar-refractivity contribution is -0.146. The van der Waals surface area contributed by atoms with Crippen molar-refractivity contribution in [1.29, 1.82) is 0 Å². The Bertz CT molecular complexity index is 1330. The van der Waals surface area contributed by atoms with Crippen LogP contribution in [0.5, 0.6) is 0 Å². The van der Waals surface area contributed by atoms with E-state index >= 15 is 0 Å². The van der Waals surface area contributed by atoms with Crippen molar-refractivity contribution in [3.8, 4) is 0 Å². The topological polar surface area (TPSA) is 66.5 Å². The third-order valence-corrected chi connectivity index (χ3v) is 9.33. The number of carbonyl (C=O) groups is 3. The molecule has 5 nitrogen and oxygen atoms in total. The second-order valence-corrected chi connectivity index (χ2v) is 10.9. The Labute approximate surface area is 219 Å². The first-order valence-electron chi connectivity index (χ1n) is 12.1. The van der Waals surface area contributed by atoms with E-state index in [0.717, 1.165) is 39.1 Å². The smallest absolute Gasteiger partial charge is 0.247 e. The number of imide groups is 1. The van der Waals surface area contributed by atoms with Gasteiger partial charge in [0.2, 0.25) is 17.7 Å². The molecule has 1 saturated heterocycles. The third-order valence-electron chi connectivity index (χ3n) is 8.04. The Kier molecular flexibility index (Phi) is 5.12. The van der Waals surface area contributed by atoms with Crippen molar-refractivity contribution in [1.82, 2.24) is 4.90 Å².